The number of aromatic nitrogens is 1. The molecule has 2 aliphatic rings. The second kappa shape index (κ2) is 8.39. The molecule has 2 aromatic carbocycles. The molecule has 1 spiro atoms. The first kappa shape index (κ1) is 21.2. The van der Waals surface area contributed by atoms with E-state index in [9.17, 15) is 9.70 Å². The lowest BCUT2D eigenvalue weighted by Gasteiger charge is -2.45. The maximum absolute atomic E-state index is 13.2. The van der Waals surface area contributed by atoms with Crippen molar-refractivity contribution < 1.29 is 14.3 Å². The highest BCUT2D eigenvalue weighted by Crippen LogP contribution is 2.46. The minimum atomic E-state index is -0.546. The molecule has 5 rings (SSSR count). The van der Waals surface area contributed by atoms with Gasteiger partial charge in [0.15, 0.2) is 5.60 Å². The number of fused-ring (bicyclic) bond motifs is 4. The Balaban J connectivity index is 1.42. The van der Waals surface area contributed by atoms with Crippen LogP contribution in [0.2, 0.25) is 0 Å². The zero-order valence-corrected chi connectivity index (χ0v) is 18.9. The molecule has 3 heterocycles. The molecule has 1 fully saturated rings. The Morgan fingerprint density at radius 2 is 1.91 bits per heavy atom. The van der Waals surface area contributed by atoms with Crippen molar-refractivity contribution in [2.45, 2.75) is 38.3 Å². The van der Waals surface area contributed by atoms with Crippen LogP contribution in [-0.2, 0) is 18.6 Å². The van der Waals surface area contributed by atoms with Gasteiger partial charge in [-0.05, 0) is 48.4 Å². The Kier molecular flexibility index (Phi) is 5.40. The normalized spacial score (nSPS) is 16.0. The van der Waals surface area contributed by atoms with Gasteiger partial charge in [-0.2, -0.15) is 4.91 Å². The number of piperidine rings is 1. The van der Waals surface area contributed by atoms with Crippen molar-refractivity contribution in [2.24, 2.45) is 5.18 Å². The van der Waals surface area contributed by atoms with Gasteiger partial charge in [0, 0.05) is 37.2 Å². The van der Waals surface area contributed by atoms with E-state index in [1.165, 1.54) is 0 Å². The van der Waals surface area contributed by atoms with Gasteiger partial charge in [-0.1, -0.05) is 30.3 Å². The lowest BCUT2D eigenvalue weighted by atomic mass is 9.86. The molecule has 0 N–H and O–H groups in total. The Hall–Kier alpha value is -3.61. The number of nitroso groups, excluding NO2 is 1. The zero-order valence-electron chi connectivity index (χ0n) is 18.9. The summed E-state index contributed by atoms with van der Waals surface area (Å²) in [4.78, 5) is 26.2. The van der Waals surface area contributed by atoms with Crippen molar-refractivity contribution in [1.29, 1.82) is 0 Å². The molecule has 7 nitrogen and oxygen atoms in total. The van der Waals surface area contributed by atoms with Crippen LogP contribution in [0, 0.1) is 4.91 Å². The molecule has 0 saturated carbocycles. The smallest absolute Gasteiger partial charge is 0.253 e. The van der Waals surface area contributed by atoms with Crippen LogP contribution in [0.25, 0.3) is 5.69 Å². The molecule has 1 aromatic heterocycles. The molecule has 0 unspecified atom stereocenters. The molecule has 0 bridgehead atoms. The van der Waals surface area contributed by atoms with Crippen LogP contribution in [0.1, 0.15) is 47.1 Å². The van der Waals surface area contributed by atoms with E-state index in [1.807, 2.05) is 59.5 Å². The number of carbonyl (C=O) groups is 1. The topological polar surface area (TPSA) is 73.1 Å². The van der Waals surface area contributed by atoms with Crippen molar-refractivity contribution in [1.82, 2.24) is 9.47 Å². The molecule has 0 aliphatic carbocycles. The fourth-order valence-electron chi connectivity index (χ4n) is 5.08. The summed E-state index contributed by atoms with van der Waals surface area (Å²) in [5.41, 5.74) is 3.96. The van der Waals surface area contributed by atoms with Crippen LogP contribution >= 0.6 is 0 Å². The monoisotopic (exact) mass is 445 g/mol. The molecule has 7 heteroatoms. The van der Waals surface area contributed by atoms with Crippen LogP contribution in [0.4, 0.5) is 0 Å². The standard InChI is InChI=1S/C26H27N3O4/c1-3-18-8-9-19(16-23(18)32-2)25(30)28-14-12-26(13-15-28)24-11-10-20(17-27-31)29(24)21-6-4-5-7-22(21)33-26/h4-11,16H,3,12-15,17H2,1-2H3. The van der Waals surface area contributed by atoms with Gasteiger partial charge in [0.25, 0.3) is 5.91 Å². The number of benzene rings is 2. The fraction of sp³-hybridized carbons (Fsp3) is 0.346. The van der Waals surface area contributed by atoms with Crippen LogP contribution < -0.4 is 9.47 Å². The summed E-state index contributed by atoms with van der Waals surface area (Å²) in [6, 6.07) is 17.5. The first-order valence-corrected chi connectivity index (χ1v) is 11.3. The second-order valence-electron chi connectivity index (χ2n) is 8.57. The summed E-state index contributed by atoms with van der Waals surface area (Å²) in [6.45, 7) is 3.32. The maximum atomic E-state index is 13.2. The average Bonchev–Trinajstić information content (AvgIpc) is 3.29. The van der Waals surface area contributed by atoms with Gasteiger partial charge in [-0.15, -0.1) is 0 Å². The third kappa shape index (κ3) is 3.48. The molecule has 0 atom stereocenters. The van der Waals surface area contributed by atoms with Crippen molar-refractivity contribution in [2.75, 3.05) is 20.2 Å². The number of likely N-dealkylation sites (tertiary alicyclic amines) is 1. The van der Waals surface area contributed by atoms with Gasteiger partial charge in [0.05, 0.1) is 18.5 Å². The van der Waals surface area contributed by atoms with Gasteiger partial charge >= 0.3 is 0 Å². The van der Waals surface area contributed by atoms with Crippen LogP contribution in [0.3, 0.4) is 0 Å². The van der Waals surface area contributed by atoms with E-state index < -0.39 is 5.60 Å². The number of hydrogen-bond acceptors (Lipinski definition) is 5. The summed E-state index contributed by atoms with van der Waals surface area (Å²) in [7, 11) is 1.63. The molecular weight excluding hydrogens is 418 g/mol. The fourth-order valence-corrected chi connectivity index (χ4v) is 5.08. The molecule has 0 radical (unpaired) electrons. The van der Waals surface area contributed by atoms with E-state index in [0.717, 1.165) is 40.6 Å². The number of aryl methyl sites for hydroxylation is 1. The SMILES string of the molecule is CCc1ccc(C(=O)N2CCC3(CC2)Oc2ccccc2-n2c(CN=O)ccc23)cc1OC. The van der Waals surface area contributed by atoms with E-state index >= 15 is 0 Å². The lowest BCUT2D eigenvalue weighted by Crippen LogP contribution is -2.50. The molecule has 2 aliphatic heterocycles. The summed E-state index contributed by atoms with van der Waals surface area (Å²) < 4.78 is 14.2. The number of para-hydroxylation sites is 2. The van der Waals surface area contributed by atoms with E-state index in [2.05, 4.69) is 16.7 Å². The van der Waals surface area contributed by atoms with Crippen molar-refractivity contribution in [3.63, 3.8) is 0 Å². The van der Waals surface area contributed by atoms with E-state index in [4.69, 9.17) is 9.47 Å². The molecule has 1 saturated heterocycles. The maximum Gasteiger partial charge on any atom is 0.253 e. The number of methoxy groups -OCH3 is 1. The number of nitrogens with zero attached hydrogens (tertiary/aromatic N) is 3. The number of carbonyl (C=O) groups excluding carboxylic acids is 1. The van der Waals surface area contributed by atoms with Crippen LogP contribution in [-0.4, -0.2) is 35.6 Å². The summed E-state index contributed by atoms with van der Waals surface area (Å²) >= 11 is 0. The van der Waals surface area contributed by atoms with E-state index in [0.29, 0.717) is 31.5 Å². The minimum absolute atomic E-state index is 0.00300. The Bertz CT molecular complexity index is 1210. The number of amides is 1. The van der Waals surface area contributed by atoms with Gasteiger partial charge in [-0.3, -0.25) is 4.79 Å². The number of ether oxygens (including phenoxy) is 2. The molecule has 33 heavy (non-hydrogen) atoms. The summed E-state index contributed by atoms with van der Waals surface area (Å²) in [5, 5.41) is 3.11. The Morgan fingerprint density at radius 3 is 2.64 bits per heavy atom. The third-order valence-electron chi connectivity index (χ3n) is 6.84. The zero-order chi connectivity index (χ0) is 23.0. The van der Waals surface area contributed by atoms with Gasteiger partial charge in [-0.25, -0.2) is 0 Å². The molecule has 170 valence electrons. The summed E-state index contributed by atoms with van der Waals surface area (Å²) in [6.07, 6.45) is 2.17. The predicted octanol–water partition coefficient (Wildman–Crippen LogP) is 4.84. The third-order valence-corrected chi connectivity index (χ3v) is 6.84. The van der Waals surface area contributed by atoms with Gasteiger partial charge < -0.3 is 18.9 Å². The number of rotatable bonds is 5. The number of hydrogen-bond donors (Lipinski definition) is 0. The minimum Gasteiger partial charge on any atom is -0.496 e. The predicted molar refractivity (Wildman–Crippen MR) is 125 cm³/mol. The highest BCUT2D eigenvalue weighted by Gasteiger charge is 2.45. The summed E-state index contributed by atoms with van der Waals surface area (Å²) in [5.74, 6) is 1.54. The molecule has 3 aromatic rings. The highest BCUT2D eigenvalue weighted by atomic mass is 16.5. The average molecular weight is 446 g/mol. The Labute approximate surface area is 192 Å². The van der Waals surface area contributed by atoms with E-state index in [1.54, 1.807) is 7.11 Å². The van der Waals surface area contributed by atoms with Crippen LogP contribution in [0.15, 0.2) is 59.8 Å². The van der Waals surface area contributed by atoms with Gasteiger partial charge in [0.1, 0.15) is 18.0 Å². The van der Waals surface area contributed by atoms with Gasteiger partial charge in [0.2, 0.25) is 0 Å². The van der Waals surface area contributed by atoms with Crippen molar-refractivity contribution in [3.05, 3.63) is 82.0 Å². The molecular formula is C26H27N3O4. The second-order valence-corrected chi connectivity index (χ2v) is 8.57. The first-order chi connectivity index (χ1) is 16.1. The lowest BCUT2D eigenvalue weighted by molar-refractivity contribution is -0.00952. The van der Waals surface area contributed by atoms with Crippen molar-refractivity contribution in [3.8, 4) is 17.2 Å². The largest absolute Gasteiger partial charge is 0.496 e. The van der Waals surface area contributed by atoms with Crippen molar-refractivity contribution >= 4 is 5.91 Å². The quantitative estimate of drug-likeness (QED) is 0.527. The van der Waals surface area contributed by atoms with Crippen LogP contribution in [0.5, 0.6) is 11.5 Å². The van der Waals surface area contributed by atoms with E-state index in [-0.39, 0.29) is 12.5 Å². The Morgan fingerprint density at radius 1 is 1.12 bits per heavy atom. The highest BCUT2D eigenvalue weighted by molar-refractivity contribution is 5.94. The molecule has 1 amide bonds. The first-order valence-electron chi connectivity index (χ1n) is 11.3.